The van der Waals surface area contributed by atoms with Crippen molar-refractivity contribution in [1.29, 1.82) is 0 Å². The zero-order valence-electron chi connectivity index (χ0n) is 30.5. The van der Waals surface area contributed by atoms with Crippen LogP contribution in [0.15, 0.2) is 192 Å². The summed E-state index contributed by atoms with van der Waals surface area (Å²) in [5.74, 6) is 1.58. The Morgan fingerprint density at radius 1 is 0.386 bits per heavy atom. The van der Waals surface area contributed by atoms with Gasteiger partial charge in [0.1, 0.15) is 22.6 Å². The number of nitrogens with zero attached hydrogens (tertiary/aromatic N) is 5. The van der Waals surface area contributed by atoms with E-state index in [-0.39, 0.29) is 0 Å². The van der Waals surface area contributed by atoms with Gasteiger partial charge in [0.25, 0.3) is 0 Å². The van der Waals surface area contributed by atoms with Crippen molar-refractivity contribution in [2.24, 2.45) is 0 Å². The van der Waals surface area contributed by atoms with Crippen LogP contribution in [0.4, 0.5) is 0 Å². The zero-order chi connectivity index (χ0) is 37.5. The van der Waals surface area contributed by atoms with Gasteiger partial charge in [-0.1, -0.05) is 133 Å². The Morgan fingerprint density at radius 3 is 1.84 bits per heavy atom. The molecule has 8 aromatic carbocycles. The van der Waals surface area contributed by atoms with Crippen molar-refractivity contribution >= 4 is 65.7 Å². The van der Waals surface area contributed by atoms with Gasteiger partial charge in [-0.3, -0.25) is 4.57 Å². The Labute approximate surface area is 326 Å². The summed E-state index contributed by atoms with van der Waals surface area (Å²) < 4.78 is 11.2. The third kappa shape index (κ3) is 4.87. The van der Waals surface area contributed by atoms with E-state index in [1.807, 2.05) is 42.5 Å². The van der Waals surface area contributed by atoms with Gasteiger partial charge in [0.2, 0.25) is 0 Å². The molecule has 0 unspecified atom stereocenters. The van der Waals surface area contributed by atoms with Crippen molar-refractivity contribution < 1.29 is 4.42 Å². The number of hydrogen-bond acceptors (Lipinski definition) is 4. The Hall–Kier alpha value is -7.83. The maximum Gasteiger partial charge on any atom is 0.180 e. The minimum atomic E-state index is 0.662. The molecule has 12 rings (SSSR count). The van der Waals surface area contributed by atoms with Gasteiger partial charge < -0.3 is 8.98 Å². The van der Waals surface area contributed by atoms with E-state index in [1.165, 1.54) is 10.8 Å². The van der Waals surface area contributed by atoms with Crippen LogP contribution >= 0.6 is 0 Å². The molecule has 0 spiro atoms. The summed E-state index contributed by atoms with van der Waals surface area (Å²) in [6.45, 7) is 0. The van der Waals surface area contributed by atoms with E-state index in [2.05, 4.69) is 155 Å². The molecule has 266 valence electrons. The van der Waals surface area contributed by atoms with Crippen LogP contribution < -0.4 is 0 Å². The van der Waals surface area contributed by atoms with Crippen LogP contribution in [-0.4, -0.2) is 24.1 Å². The second-order valence-electron chi connectivity index (χ2n) is 14.4. The van der Waals surface area contributed by atoms with Gasteiger partial charge in [-0.05, 0) is 60.0 Å². The van der Waals surface area contributed by atoms with Crippen LogP contribution in [0.3, 0.4) is 0 Å². The highest BCUT2D eigenvalue weighted by molar-refractivity contribution is 6.18. The number of hydrogen-bond donors (Lipinski definition) is 0. The molecule has 0 bridgehead atoms. The number of rotatable bonds is 5. The maximum absolute atomic E-state index is 6.61. The largest absolute Gasteiger partial charge is 0.452 e. The Kier molecular flexibility index (Phi) is 6.83. The number of fused-ring (bicyclic) bond motifs is 9. The summed E-state index contributed by atoms with van der Waals surface area (Å²) in [7, 11) is 0. The van der Waals surface area contributed by atoms with Crippen molar-refractivity contribution in [3.8, 4) is 45.4 Å². The smallest absolute Gasteiger partial charge is 0.180 e. The first kappa shape index (κ1) is 31.5. The summed E-state index contributed by atoms with van der Waals surface area (Å²) in [6, 6.07) is 65.5. The molecule has 0 N–H and O–H groups in total. The fourth-order valence-corrected chi connectivity index (χ4v) is 8.50. The summed E-state index contributed by atoms with van der Waals surface area (Å²) >= 11 is 0. The fourth-order valence-electron chi connectivity index (χ4n) is 8.50. The first-order chi connectivity index (χ1) is 28.3. The highest BCUT2D eigenvalue weighted by Crippen LogP contribution is 2.41. The van der Waals surface area contributed by atoms with E-state index in [0.717, 1.165) is 88.9 Å². The van der Waals surface area contributed by atoms with Gasteiger partial charge in [-0.25, -0.2) is 15.0 Å². The molecule has 0 saturated heterocycles. The Morgan fingerprint density at radius 2 is 1.07 bits per heavy atom. The standard InChI is InChI=1S/C51H31N5O/c1-5-15-32(16-6-1)46-49-48(53-50(52-46)33-17-7-2-8-18-33)41-30-37(26-28-45(41)57-49)55-42-24-14-13-23-38(42)40-31-39-35(29-44(40)55)25-27-43-47(39)54-51(34-19-9-3-10-20-34)56(43)36-21-11-4-12-22-36/h1-31H. The molecular formula is C51H31N5O. The van der Waals surface area contributed by atoms with Crippen LogP contribution in [0.1, 0.15) is 0 Å². The molecule has 0 atom stereocenters. The van der Waals surface area contributed by atoms with Crippen molar-refractivity contribution in [3.05, 3.63) is 188 Å². The number of imidazole rings is 1. The van der Waals surface area contributed by atoms with Crippen molar-refractivity contribution in [2.75, 3.05) is 0 Å². The molecule has 0 aliphatic carbocycles. The molecule has 6 nitrogen and oxygen atoms in total. The third-order valence-corrected chi connectivity index (χ3v) is 11.1. The molecule has 4 heterocycles. The number of aromatic nitrogens is 5. The predicted molar refractivity (Wildman–Crippen MR) is 232 cm³/mol. The molecule has 0 amide bonds. The summed E-state index contributed by atoms with van der Waals surface area (Å²) in [6.07, 6.45) is 0. The van der Waals surface area contributed by atoms with Crippen LogP contribution in [0.2, 0.25) is 0 Å². The summed E-state index contributed by atoms with van der Waals surface area (Å²) in [5.41, 5.74) is 12.4. The zero-order valence-corrected chi connectivity index (χ0v) is 30.5. The van der Waals surface area contributed by atoms with E-state index >= 15 is 0 Å². The van der Waals surface area contributed by atoms with Gasteiger partial charge >= 0.3 is 0 Å². The number of benzene rings is 8. The average molecular weight is 730 g/mol. The molecule has 6 heteroatoms. The first-order valence-electron chi connectivity index (χ1n) is 19.1. The van der Waals surface area contributed by atoms with Crippen LogP contribution in [0, 0.1) is 0 Å². The van der Waals surface area contributed by atoms with E-state index < -0.39 is 0 Å². The van der Waals surface area contributed by atoms with Gasteiger partial charge in [-0.2, -0.15) is 0 Å². The number of furan rings is 1. The minimum absolute atomic E-state index is 0.662. The summed E-state index contributed by atoms with van der Waals surface area (Å²) in [4.78, 5) is 15.6. The molecule has 0 fully saturated rings. The second-order valence-corrected chi connectivity index (χ2v) is 14.4. The van der Waals surface area contributed by atoms with E-state index in [4.69, 9.17) is 19.4 Å². The van der Waals surface area contributed by atoms with E-state index in [9.17, 15) is 0 Å². The Bertz CT molecular complexity index is 3500. The van der Waals surface area contributed by atoms with Crippen LogP contribution in [-0.2, 0) is 0 Å². The maximum atomic E-state index is 6.61. The number of para-hydroxylation sites is 2. The first-order valence-corrected chi connectivity index (χ1v) is 19.1. The van der Waals surface area contributed by atoms with E-state index in [1.54, 1.807) is 0 Å². The minimum Gasteiger partial charge on any atom is -0.452 e. The quantitative estimate of drug-likeness (QED) is 0.177. The van der Waals surface area contributed by atoms with E-state index in [0.29, 0.717) is 11.4 Å². The lowest BCUT2D eigenvalue weighted by Gasteiger charge is -2.10. The molecule has 57 heavy (non-hydrogen) atoms. The van der Waals surface area contributed by atoms with Crippen molar-refractivity contribution in [3.63, 3.8) is 0 Å². The molecule has 0 saturated carbocycles. The Balaban J connectivity index is 1.11. The molecule has 4 aromatic heterocycles. The highest BCUT2D eigenvalue weighted by atomic mass is 16.3. The highest BCUT2D eigenvalue weighted by Gasteiger charge is 2.22. The van der Waals surface area contributed by atoms with Gasteiger partial charge in [-0.15, -0.1) is 0 Å². The van der Waals surface area contributed by atoms with Crippen LogP contribution in [0.5, 0.6) is 0 Å². The van der Waals surface area contributed by atoms with Crippen LogP contribution in [0.25, 0.3) is 111 Å². The predicted octanol–water partition coefficient (Wildman–Crippen LogP) is 13.0. The monoisotopic (exact) mass is 729 g/mol. The van der Waals surface area contributed by atoms with Crippen molar-refractivity contribution in [1.82, 2.24) is 24.1 Å². The summed E-state index contributed by atoms with van der Waals surface area (Å²) in [5, 5.41) is 5.52. The van der Waals surface area contributed by atoms with Crippen molar-refractivity contribution in [2.45, 2.75) is 0 Å². The topological polar surface area (TPSA) is 61.7 Å². The third-order valence-electron chi connectivity index (χ3n) is 11.1. The van der Waals surface area contributed by atoms with Gasteiger partial charge in [0, 0.05) is 49.6 Å². The molecular weight excluding hydrogens is 699 g/mol. The normalized spacial score (nSPS) is 11.9. The lowest BCUT2D eigenvalue weighted by atomic mass is 10.0. The second kappa shape index (κ2) is 12.3. The van der Waals surface area contributed by atoms with Gasteiger partial charge in [0.15, 0.2) is 11.4 Å². The SMILES string of the molecule is c1ccc(-c2nc(-c3ccccc3)c3oc4ccc(-n5c6ccccc6c6cc7c(ccc8c7nc(-c7ccccc7)n8-c7ccccc7)cc65)cc4c3n2)cc1. The molecule has 0 radical (unpaired) electrons. The molecule has 0 aliphatic rings. The fraction of sp³-hybridized carbons (Fsp3) is 0. The molecule has 12 aromatic rings. The average Bonchev–Trinajstić information content (AvgIpc) is 3.96. The molecule has 0 aliphatic heterocycles. The lowest BCUT2D eigenvalue weighted by Crippen LogP contribution is -1.97. The lowest BCUT2D eigenvalue weighted by molar-refractivity contribution is 0.667. The van der Waals surface area contributed by atoms with Gasteiger partial charge in [0.05, 0.1) is 22.1 Å².